The SMILES string of the molecule is CCC(C)N(CCOC)C(=O)CCNC. The van der Waals surface area contributed by atoms with Crippen LogP contribution in [-0.2, 0) is 9.53 Å². The number of carbonyl (C=O) groups excluding carboxylic acids is 1. The summed E-state index contributed by atoms with van der Waals surface area (Å²) in [7, 11) is 3.52. The van der Waals surface area contributed by atoms with Crippen LogP contribution in [0.3, 0.4) is 0 Å². The molecule has 0 aromatic rings. The highest BCUT2D eigenvalue weighted by molar-refractivity contribution is 5.76. The lowest BCUT2D eigenvalue weighted by molar-refractivity contribution is -0.133. The van der Waals surface area contributed by atoms with Crippen molar-refractivity contribution in [3.05, 3.63) is 0 Å². The van der Waals surface area contributed by atoms with Crippen LogP contribution in [0.25, 0.3) is 0 Å². The Labute approximate surface area is 93.0 Å². The molecular weight excluding hydrogens is 192 g/mol. The van der Waals surface area contributed by atoms with Gasteiger partial charge in [-0.3, -0.25) is 4.79 Å². The maximum Gasteiger partial charge on any atom is 0.224 e. The fourth-order valence-corrected chi connectivity index (χ4v) is 1.38. The van der Waals surface area contributed by atoms with Crippen LogP contribution >= 0.6 is 0 Å². The van der Waals surface area contributed by atoms with Crippen LogP contribution in [-0.4, -0.2) is 50.7 Å². The van der Waals surface area contributed by atoms with Crippen molar-refractivity contribution in [2.24, 2.45) is 0 Å². The molecule has 4 nitrogen and oxygen atoms in total. The first-order chi connectivity index (χ1) is 7.17. The smallest absolute Gasteiger partial charge is 0.224 e. The molecule has 0 fully saturated rings. The van der Waals surface area contributed by atoms with Gasteiger partial charge in [0.05, 0.1) is 6.61 Å². The Morgan fingerprint density at radius 1 is 1.53 bits per heavy atom. The van der Waals surface area contributed by atoms with E-state index in [1.165, 1.54) is 0 Å². The average molecular weight is 216 g/mol. The molecule has 0 rings (SSSR count). The zero-order valence-electron chi connectivity index (χ0n) is 10.4. The van der Waals surface area contributed by atoms with E-state index in [0.717, 1.165) is 13.0 Å². The molecular formula is C11H24N2O2. The third kappa shape index (κ3) is 5.74. The predicted octanol–water partition coefficient (Wildman–Crippen LogP) is 0.869. The predicted molar refractivity (Wildman–Crippen MR) is 61.9 cm³/mol. The number of hydrogen-bond acceptors (Lipinski definition) is 3. The van der Waals surface area contributed by atoms with E-state index in [-0.39, 0.29) is 5.91 Å². The van der Waals surface area contributed by atoms with Gasteiger partial charge in [0.25, 0.3) is 0 Å². The molecule has 0 spiro atoms. The lowest BCUT2D eigenvalue weighted by atomic mass is 10.2. The van der Waals surface area contributed by atoms with Gasteiger partial charge in [-0.25, -0.2) is 0 Å². The first-order valence-electron chi connectivity index (χ1n) is 5.60. The van der Waals surface area contributed by atoms with E-state index < -0.39 is 0 Å². The summed E-state index contributed by atoms with van der Waals surface area (Å²) in [5.41, 5.74) is 0. The molecule has 0 aliphatic heterocycles. The van der Waals surface area contributed by atoms with E-state index in [1.807, 2.05) is 11.9 Å². The van der Waals surface area contributed by atoms with Crippen molar-refractivity contribution in [3.8, 4) is 0 Å². The van der Waals surface area contributed by atoms with Crippen molar-refractivity contribution in [2.75, 3.05) is 33.9 Å². The van der Waals surface area contributed by atoms with Crippen molar-refractivity contribution >= 4 is 5.91 Å². The summed E-state index contributed by atoms with van der Waals surface area (Å²) in [5, 5.41) is 2.99. The Balaban J connectivity index is 4.14. The Bertz CT molecular complexity index is 174. The van der Waals surface area contributed by atoms with Gasteiger partial charge in [-0.2, -0.15) is 0 Å². The van der Waals surface area contributed by atoms with E-state index >= 15 is 0 Å². The van der Waals surface area contributed by atoms with Gasteiger partial charge >= 0.3 is 0 Å². The zero-order valence-corrected chi connectivity index (χ0v) is 10.4. The highest BCUT2D eigenvalue weighted by Crippen LogP contribution is 2.05. The maximum absolute atomic E-state index is 11.8. The maximum atomic E-state index is 11.8. The largest absolute Gasteiger partial charge is 0.383 e. The van der Waals surface area contributed by atoms with Gasteiger partial charge in [-0.15, -0.1) is 0 Å². The van der Waals surface area contributed by atoms with E-state index in [1.54, 1.807) is 7.11 Å². The molecule has 0 saturated carbocycles. The summed E-state index contributed by atoms with van der Waals surface area (Å²) >= 11 is 0. The van der Waals surface area contributed by atoms with Crippen molar-refractivity contribution in [1.29, 1.82) is 0 Å². The fourth-order valence-electron chi connectivity index (χ4n) is 1.38. The van der Waals surface area contributed by atoms with Crippen molar-refractivity contribution < 1.29 is 9.53 Å². The van der Waals surface area contributed by atoms with Crippen molar-refractivity contribution in [2.45, 2.75) is 32.7 Å². The topological polar surface area (TPSA) is 41.6 Å². The van der Waals surface area contributed by atoms with Crippen LogP contribution in [0.5, 0.6) is 0 Å². The number of nitrogens with one attached hydrogen (secondary N) is 1. The van der Waals surface area contributed by atoms with Crippen LogP contribution in [0.1, 0.15) is 26.7 Å². The van der Waals surface area contributed by atoms with E-state index in [2.05, 4.69) is 19.2 Å². The molecule has 1 amide bonds. The second-order valence-corrected chi connectivity index (χ2v) is 3.69. The molecule has 0 aromatic heterocycles. The minimum absolute atomic E-state index is 0.204. The second-order valence-electron chi connectivity index (χ2n) is 3.69. The Morgan fingerprint density at radius 3 is 2.67 bits per heavy atom. The monoisotopic (exact) mass is 216 g/mol. The molecule has 4 heteroatoms. The first-order valence-corrected chi connectivity index (χ1v) is 5.60. The third-order valence-corrected chi connectivity index (χ3v) is 2.57. The molecule has 1 N–H and O–H groups in total. The Hall–Kier alpha value is -0.610. The summed E-state index contributed by atoms with van der Waals surface area (Å²) in [4.78, 5) is 13.7. The number of amides is 1. The van der Waals surface area contributed by atoms with Crippen molar-refractivity contribution in [1.82, 2.24) is 10.2 Å². The number of carbonyl (C=O) groups is 1. The standard InChI is InChI=1S/C11H24N2O2/c1-5-10(2)13(8-9-15-4)11(14)6-7-12-3/h10,12H,5-9H2,1-4H3. The van der Waals surface area contributed by atoms with Gasteiger partial charge in [0.2, 0.25) is 5.91 Å². The molecule has 1 atom stereocenters. The van der Waals surface area contributed by atoms with Crippen LogP contribution in [0.4, 0.5) is 0 Å². The van der Waals surface area contributed by atoms with Crippen molar-refractivity contribution in [3.63, 3.8) is 0 Å². The lowest BCUT2D eigenvalue weighted by Gasteiger charge is -2.28. The number of hydrogen-bond donors (Lipinski definition) is 1. The third-order valence-electron chi connectivity index (χ3n) is 2.57. The minimum Gasteiger partial charge on any atom is -0.383 e. The van der Waals surface area contributed by atoms with E-state index in [4.69, 9.17) is 4.74 Å². The van der Waals surface area contributed by atoms with Gasteiger partial charge in [0.15, 0.2) is 0 Å². The lowest BCUT2D eigenvalue weighted by Crippen LogP contribution is -2.41. The summed E-state index contributed by atoms with van der Waals surface area (Å²) < 4.78 is 5.01. The molecule has 0 bridgehead atoms. The highest BCUT2D eigenvalue weighted by Gasteiger charge is 2.17. The summed E-state index contributed by atoms with van der Waals surface area (Å²) in [6.45, 7) is 6.20. The van der Waals surface area contributed by atoms with E-state index in [0.29, 0.717) is 25.6 Å². The zero-order chi connectivity index (χ0) is 11.7. The number of nitrogens with zero attached hydrogens (tertiary/aromatic N) is 1. The molecule has 0 radical (unpaired) electrons. The quantitative estimate of drug-likeness (QED) is 0.654. The number of rotatable bonds is 8. The minimum atomic E-state index is 0.204. The van der Waals surface area contributed by atoms with Crippen LogP contribution in [0.2, 0.25) is 0 Å². The number of ether oxygens (including phenoxy) is 1. The van der Waals surface area contributed by atoms with Gasteiger partial charge in [0.1, 0.15) is 0 Å². The molecule has 0 saturated heterocycles. The summed E-state index contributed by atoms with van der Waals surface area (Å²) in [5.74, 6) is 0.204. The number of methoxy groups -OCH3 is 1. The van der Waals surface area contributed by atoms with Gasteiger partial charge in [-0.05, 0) is 20.4 Å². The molecule has 15 heavy (non-hydrogen) atoms. The molecule has 1 unspecified atom stereocenters. The summed E-state index contributed by atoms with van der Waals surface area (Å²) in [6, 6.07) is 0.296. The normalized spacial score (nSPS) is 12.5. The van der Waals surface area contributed by atoms with Gasteiger partial charge in [-0.1, -0.05) is 6.92 Å². The van der Waals surface area contributed by atoms with E-state index in [9.17, 15) is 4.79 Å². The molecule has 0 heterocycles. The van der Waals surface area contributed by atoms with Gasteiger partial charge < -0.3 is 15.0 Å². The van der Waals surface area contributed by atoms with Crippen LogP contribution < -0.4 is 5.32 Å². The Kier molecular flexibility index (Phi) is 8.33. The first kappa shape index (κ1) is 14.4. The summed E-state index contributed by atoms with van der Waals surface area (Å²) in [6.07, 6.45) is 1.54. The molecule has 90 valence electrons. The van der Waals surface area contributed by atoms with Crippen LogP contribution in [0.15, 0.2) is 0 Å². The fraction of sp³-hybridized carbons (Fsp3) is 0.909. The van der Waals surface area contributed by atoms with Gasteiger partial charge in [0, 0.05) is 32.7 Å². The Morgan fingerprint density at radius 2 is 2.20 bits per heavy atom. The second kappa shape index (κ2) is 8.68. The highest BCUT2D eigenvalue weighted by atomic mass is 16.5. The molecule has 0 aliphatic rings. The average Bonchev–Trinajstić information content (AvgIpc) is 2.26. The molecule has 0 aromatic carbocycles. The molecule has 0 aliphatic carbocycles. The van der Waals surface area contributed by atoms with Crippen LogP contribution in [0, 0.1) is 0 Å².